The standard InChI is InChI=1S/C7H17NO4S/c1-7(8,3-10)6(12)5(13)4(11)2-9/h4-6,9-13H,2-3,8H2,1H3. The lowest BCUT2D eigenvalue weighted by molar-refractivity contribution is 0.00378. The Balaban J connectivity index is 4.32. The van der Waals surface area contributed by atoms with Gasteiger partial charge in [-0.1, -0.05) is 0 Å². The molecular formula is C7H17NO4S. The fourth-order valence-corrected chi connectivity index (χ4v) is 1.24. The highest BCUT2D eigenvalue weighted by Crippen LogP contribution is 2.16. The SMILES string of the molecule is CC(N)(CO)C(O)C(S)C(O)CO. The zero-order valence-electron chi connectivity index (χ0n) is 7.46. The Morgan fingerprint density at radius 1 is 1.38 bits per heavy atom. The van der Waals surface area contributed by atoms with Crippen molar-refractivity contribution >= 4 is 12.6 Å². The monoisotopic (exact) mass is 211 g/mol. The molecule has 5 nitrogen and oxygen atoms in total. The molecule has 6 N–H and O–H groups in total. The molecule has 0 bridgehead atoms. The van der Waals surface area contributed by atoms with E-state index in [2.05, 4.69) is 12.6 Å². The van der Waals surface area contributed by atoms with Gasteiger partial charge in [0, 0.05) is 0 Å². The van der Waals surface area contributed by atoms with Crippen LogP contribution in [0.4, 0.5) is 0 Å². The third kappa shape index (κ3) is 3.41. The van der Waals surface area contributed by atoms with Gasteiger partial charge >= 0.3 is 0 Å². The first kappa shape index (κ1) is 13.2. The molecule has 4 atom stereocenters. The molecule has 0 aromatic heterocycles. The lowest BCUT2D eigenvalue weighted by atomic mass is 9.92. The Morgan fingerprint density at radius 2 is 1.85 bits per heavy atom. The van der Waals surface area contributed by atoms with Crippen LogP contribution in [0.1, 0.15) is 6.92 Å². The molecule has 0 heterocycles. The van der Waals surface area contributed by atoms with Gasteiger partial charge in [0.2, 0.25) is 0 Å². The molecule has 0 rings (SSSR count). The number of hydrogen-bond acceptors (Lipinski definition) is 6. The van der Waals surface area contributed by atoms with Gasteiger partial charge in [0.1, 0.15) is 0 Å². The normalized spacial score (nSPS) is 23.3. The summed E-state index contributed by atoms with van der Waals surface area (Å²) in [5.41, 5.74) is 4.28. The van der Waals surface area contributed by atoms with Gasteiger partial charge in [0.05, 0.1) is 36.2 Å². The third-order valence-electron chi connectivity index (χ3n) is 1.92. The predicted octanol–water partition coefficient (Wildman–Crippen LogP) is -2.29. The Bertz CT molecular complexity index is 155. The third-order valence-corrected chi connectivity index (χ3v) is 2.55. The summed E-state index contributed by atoms with van der Waals surface area (Å²) in [4.78, 5) is 0. The van der Waals surface area contributed by atoms with Crippen molar-refractivity contribution in [3.63, 3.8) is 0 Å². The highest BCUT2D eigenvalue weighted by Gasteiger charge is 2.35. The maximum absolute atomic E-state index is 9.51. The minimum Gasteiger partial charge on any atom is -0.394 e. The molecule has 6 heteroatoms. The molecule has 13 heavy (non-hydrogen) atoms. The first-order valence-electron chi connectivity index (χ1n) is 3.91. The van der Waals surface area contributed by atoms with Gasteiger partial charge in [0.25, 0.3) is 0 Å². The summed E-state index contributed by atoms with van der Waals surface area (Å²) in [6.07, 6.45) is -2.35. The molecule has 4 unspecified atom stereocenters. The molecule has 0 aliphatic heterocycles. The number of aliphatic hydroxyl groups is 4. The maximum atomic E-state index is 9.51. The van der Waals surface area contributed by atoms with Crippen molar-refractivity contribution in [2.45, 2.75) is 29.9 Å². The Morgan fingerprint density at radius 3 is 2.15 bits per heavy atom. The first-order valence-corrected chi connectivity index (χ1v) is 4.43. The summed E-state index contributed by atoms with van der Waals surface area (Å²) in [6, 6.07) is 0. The quantitative estimate of drug-likeness (QED) is 0.287. The van der Waals surface area contributed by atoms with Crippen molar-refractivity contribution in [3.8, 4) is 0 Å². The average Bonchev–Trinajstić information content (AvgIpc) is 2.14. The fourth-order valence-electron chi connectivity index (χ4n) is 0.802. The van der Waals surface area contributed by atoms with Crippen LogP contribution in [0.3, 0.4) is 0 Å². The highest BCUT2D eigenvalue weighted by molar-refractivity contribution is 7.81. The summed E-state index contributed by atoms with van der Waals surface area (Å²) < 4.78 is 0. The smallest absolute Gasteiger partial charge is 0.0912 e. The highest BCUT2D eigenvalue weighted by atomic mass is 32.1. The van der Waals surface area contributed by atoms with E-state index in [0.717, 1.165) is 0 Å². The van der Waals surface area contributed by atoms with E-state index >= 15 is 0 Å². The van der Waals surface area contributed by atoms with Crippen LogP contribution < -0.4 is 5.73 Å². The minimum absolute atomic E-state index is 0.427. The average molecular weight is 211 g/mol. The Labute approximate surface area is 82.6 Å². The summed E-state index contributed by atoms with van der Waals surface area (Å²) in [7, 11) is 0. The summed E-state index contributed by atoms with van der Waals surface area (Å²) in [5.74, 6) is 0. The van der Waals surface area contributed by atoms with Crippen molar-refractivity contribution < 1.29 is 20.4 Å². The largest absolute Gasteiger partial charge is 0.394 e. The van der Waals surface area contributed by atoms with Crippen LogP contribution in [0, 0.1) is 0 Å². The van der Waals surface area contributed by atoms with E-state index in [1.165, 1.54) is 6.92 Å². The van der Waals surface area contributed by atoms with Gasteiger partial charge in [-0.3, -0.25) is 0 Å². The first-order chi connectivity index (χ1) is 5.86. The van der Waals surface area contributed by atoms with E-state index in [1.54, 1.807) is 0 Å². The topological polar surface area (TPSA) is 107 Å². The van der Waals surface area contributed by atoms with E-state index in [-0.39, 0.29) is 0 Å². The molecule has 0 saturated carbocycles. The van der Waals surface area contributed by atoms with Crippen LogP contribution in [0.15, 0.2) is 0 Å². The van der Waals surface area contributed by atoms with Gasteiger partial charge in [-0.2, -0.15) is 12.6 Å². The van der Waals surface area contributed by atoms with Crippen molar-refractivity contribution in [2.75, 3.05) is 13.2 Å². The van der Waals surface area contributed by atoms with Crippen LogP contribution in [0.2, 0.25) is 0 Å². The molecule has 0 saturated heterocycles. The van der Waals surface area contributed by atoms with Crippen LogP contribution in [0.5, 0.6) is 0 Å². The number of nitrogens with two attached hydrogens (primary N) is 1. The number of rotatable bonds is 5. The second-order valence-corrected chi connectivity index (χ2v) is 3.95. The van der Waals surface area contributed by atoms with E-state index in [9.17, 15) is 5.11 Å². The molecule has 0 radical (unpaired) electrons. The van der Waals surface area contributed by atoms with Crippen LogP contribution in [-0.2, 0) is 0 Å². The van der Waals surface area contributed by atoms with Gasteiger partial charge < -0.3 is 26.2 Å². The minimum atomic E-state index is -1.23. The number of thiol groups is 1. The zero-order chi connectivity index (χ0) is 10.6. The molecule has 80 valence electrons. The van der Waals surface area contributed by atoms with E-state index in [1.807, 2.05) is 0 Å². The fraction of sp³-hybridized carbons (Fsp3) is 1.00. The lowest BCUT2D eigenvalue weighted by Gasteiger charge is -2.33. The summed E-state index contributed by atoms with van der Waals surface area (Å²) >= 11 is 3.90. The summed E-state index contributed by atoms with van der Waals surface area (Å²) in [6.45, 7) is 0.501. The second kappa shape index (κ2) is 5.14. The van der Waals surface area contributed by atoms with Crippen molar-refractivity contribution in [1.82, 2.24) is 0 Å². The number of aliphatic hydroxyl groups excluding tert-OH is 4. The van der Waals surface area contributed by atoms with Gasteiger partial charge in [-0.05, 0) is 6.92 Å². The predicted molar refractivity (Wildman–Crippen MR) is 51.6 cm³/mol. The molecule has 0 amide bonds. The van der Waals surface area contributed by atoms with E-state index in [4.69, 9.17) is 21.1 Å². The van der Waals surface area contributed by atoms with Crippen LogP contribution in [0.25, 0.3) is 0 Å². The van der Waals surface area contributed by atoms with Crippen LogP contribution in [-0.4, -0.2) is 56.6 Å². The molecule has 0 aliphatic carbocycles. The Hall–Kier alpha value is 0.150. The molecule has 0 aromatic rings. The lowest BCUT2D eigenvalue weighted by Crippen LogP contribution is -2.57. The number of hydrogen-bond donors (Lipinski definition) is 6. The van der Waals surface area contributed by atoms with Crippen molar-refractivity contribution in [1.29, 1.82) is 0 Å². The molecule has 0 spiro atoms. The van der Waals surface area contributed by atoms with Gasteiger partial charge in [-0.15, -0.1) is 0 Å². The van der Waals surface area contributed by atoms with Crippen molar-refractivity contribution in [3.05, 3.63) is 0 Å². The van der Waals surface area contributed by atoms with Gasteiger partial charge in [-0.25, -0.2) is 0 Å². The van der Waals surface area contributed by atoms with Crippen LogP contribution >= 0.6 is 12.6 Å². The Kier molecular flexibility index (Phi) is 5.19. The molecule has 0 fully saturated rings. The van der Waals surface area contributed by atoms with E-state index in [0.29, 0.717) is 0 Å². The second-order valence-electron chi connectivity index (χ2n) is 3.35. The molecule has 0 aliphatic rings. The van der Waals surface area contributed by atoms with E-state index < -0.39 is 36.2 Å². The van der Waals surface area contributed by atoms with Gasteiger partial charge in [0.15, 0.2) is 0 Å². The summed E-state index contributed by atoms with van der Waals surface area (Å²) in [5, 5.41) is 35.1. The maximum Gasteiger partial charge on any atom is 0.0912 e. The molecular weight excluding hydrogens is 194 g/mol. The van der Waals surface area contributed by atoms with Crippen molar-refractivity contribution in [2.24, 2.45) is 5.73 Å². The molecule has 0 aromatic carbocycles. The zero-order valence-corrected chi connectivity index (χ0v) is 8.35.